The number of fused-ring (bicyclic) bond motifs is 2. The quantitative estimate of drug-likeness (QED) is 0.438. The first-order chi connectivity index (χ1) is 16.8. The summed E-state index contributed by atoms with van der Waals surface area (Å²) in [5, 5.41) is 24.0. The van der Waals surface area contributed by atoms with E-state index < -0.39 is 17.4 Å². The third-order valence-electron chi connectivity index (χ3n) is 7.43. The second-order valence-corrected chi connectivity index (χ2v) is 9.50. The average molecular weight is 476 g/mol. The van der Waals surface area contributed by atoms with Gasteiger partial charge in [-0.05, 0) is 35.7 Å². The summed E-state index contributed by atoms with van der Waals surface area (Å²) in [6.45, 7) is 2.68. The predicted molar refractivity (Wildman–Crippen MR) is 130 cm³/mol. The number of rotatable bonds is 6. The lowest BCUT2D eigenvalue weighted by atomic mass is 9.82. The van der Waals surface area contributed by atoms with Gasteiger partial charge in [-0.2, -0.15) is 0 Å². The smallest absolute Gasteiger partial charge is 0.261 e. The van der Waals surface area contributed by atoms with Crippen LogP contribution in [-0.4, -0.2) is 52.0 Å². The number of nitrogens with zero attached hydrogens (tertiary/aromatic N) is 2. The van der Waals surface area contributed by atoms with Crippen molar-refractivity contribution in [2.45, 2.75) is 44.4 Å². The fourth-order valence-electron chi connectivity index (χ4n) is 5.18. The largest absolute Gasteiger partial charge is 0.394 e. The topological polar surface area (TPSA) is 110 Å². The first-order valence-electron chi connectivity index (χ1n) is 12.0. The number of anilines is 2. The molecule has 0 unspecified atom stereocenters. The maximum absolute atomic E-state index is 13.0. The van der Waals surface area contributed by atoms with Crippen LogP contribution in [0.2, 0.25) is 0 Å². The summed E-state index contributed by atoms with van der Waals surface area (Å²) in [7, 11) is 0. The van der Waals surface area contributed by atoms with E-state index in [1.807, 2.05) is 24.3 Å². The molecule has 1 fully saturated rings. The number of carbonyl (C=O) groups excluding carboxylic acids is 3. The van der Waals surface area contributed by atoms with Crippen molar-refractivity contribution in [3.63, 3.8) is 0 Å². The number of aliphatic hydroxyl groups is 2. The van der Waals surface area contributed by atoms with Crippen LogP contribution in [0.3, 0.4) is 0 Å². The van der Waals surface area contributed by atoms with E-state index in [9.17, 15) is 24.6 Å². The molecule has 3 heterocycles. The number of benzene rings is 2. The summed E-state index contributed by atoms with van der Waals surface area (Å²) in [4.78, 5) is 41.0. The Bertz CT molecular complexity index is 1230. The van der Waals surface area contributed by atoms with Crippen molar-refractivity contribution in [2.75, 3.05) is 23.4 Å². The Morgan fingerprint density at radius 1 is 1.23 bits per heavy atom. The van der Waals surface area contributed by atoms with Crippen molar-refractivity contribution in [2.24, 2.45) is 5.92 Å². The highest BCUT2D eigenvalue weighted by atomic mass is 16.3. The molecule has 182 valence electrons. The van der Waals surface area contributed by atoms with E-state index >= 15 is 0 Å². The second kappa shape index (κ2) is 8.94. The van der Waals surface area contributed by atoms with E-state index in [-0.39, 0.29) is 30.9 Å². The van der Waals surface area contributed by atoms with Crippen LogP contribution in [0.4, 0.5) is 11.4 Å². The maximum atomic E-state index is 13.0. The van der Waals surface area contributed by atoms with Crippen molar-refractivity contribution in [3.8, 4) is 0 Å². The van der Waals surface area contributed by atoms with Gasteiger partial charge in [0, 0.05) is 48.8 Å². The van der Waals surface area contributed by atoms with Gasteiger partial charge in [-0.3, -0.25) is 14.4 Å². The van der Waals surface area contributed by atoms with Gasteiger partial charge in [0.15, 0.2) is 5.60 Å². The number of amides is 3. The standard InChI is InChI=1S/C27H29N3O5/c1-17(5-4-8-24(32)30-15-19-7-3-2-6-18(19)13-21(30)16-31)27(35)22-14-20(29-12-11-25(29)33)9-10-23(22)28-26(27)34/h2-7,9-10,14,17,21,31,35H,8,11-13,15-16H2,1H3,(H,28,34)/b5-4+/t17-,21+,27+/m1/s1. The minimum Gasteiger partial charge on any atom is -0.394 e. The molecule has 3 N–H and O–H groups in total. The summed E-state index contributed by atoms with van der Waals surface area (Å²) in [6, 6.07) is 12.8. The molecular formula is C27H29N3O5. The van der Waals surface area contributed by atoms with Crippen molar-refractivity contribution in [3.05, 3.63) is 71.3 Å². The molecule has 1 saturated heterocycles. The summed E-state index contributed by atoms with van der Waals surface area (Å²) >= 11 is 0. The van der Waals surface area contributed by atoms with E-state index in [4.69, 9.17) is 0 Å². The number of β-lactam (4-membered cyclic amide) rings is 1. The number of nitrogens with one attached hydrogen (secondary N) is 1. The second-order valence-electron chi connectivity index (χ2n) is 9.50. The van der Waals surface area contributed by atoms with Gasteiger partial charge in [0.2, 0.25) is 11.8 Å². The highest BCUT2D eigenvalue weighted by Gasteiger charge is 2.49. The molecule has 0 bridgehead atoms. The molecule has 0 saturated carbocycles. The average Bonchev–Trinajstić information content (AvgIpc) is 3.12. The fourth-order valence-corrected chi connectivity index (χ4v) is 5.18. The van der Waals surface area contributed by atoms with E-state index in [0.717, 1.165) is 11.1 Å². The molecule has 0 radical (unpaired) electrons. The monoisotopic (exact) mass is 475 g/mol. The Balaban J connectivity index is 1.30. The van der Waals surface area contributed by atoms with Gasteiger partial charge in [0.05, 0.1) is 12.6 Å². The molecule has 3 amide bonds. The molecule has 3 aliphatic rings. The zero-order valence-electron chi connectivity index (χ0n) is 19.6. The van der Waals surface area contributed by atoms with Crippen molar-refractivity contribution in [1.82, 2.24) is 4.90 Å². The van der Waals surface area contributed by atoms with Gasteiger partial charge in [-0.15, -0.1) is 0 Å². The molecule has 3 atom stereocenters. The highest BCUT2D eigenvalue weighted by molar-refractivity contribution is 6.06. The molecule has 5 rings (SSSR count). The molecule has 0 aromatic heterocycles. The van der Waals surface area contributed by atoms with E-state index in [2.05, 4.69) is 5.32 Å². The first kappa shape index (κ1) is 23.3. The Kier molecular flexibility index (Phi) is 5.94. The van der Waals surface area contributed by atoms with Crippen LogP contribution in [-0.2, 0) is 33.0 Å². The third kappa shape index (κ3) is 3.92. The number of aliphatic hydroxyl groups excluding tert-OH is 1. The lowest BCUT2D eigenvalue weighted by Gasteiger charge is -2.36. The minimum absolute atomic E-state index is 0.0127. The number of hydrogen-bond donors (Lipinski definition) is 3. The Morgan fingerprint density at radius 3 is 2.69 bits per heavy atom. The summed E-state index contributed by atoms with van der Waals surface area (Å²) in [6.07, 6.45) is 4.55. The van der Waals surface area contributed by atoms with Crippen LogP contribution in [0.1, 0.15) is 36.5 Å². The Hall–Kier alpha value is -3.49. The predicted octanol–water partition coefficient (Wildman–Crippen LogP) is 2.09. The van der Waals surface area contributed by atoms with Gasteiger partial charge in [0.1, 0.15) is 0 Å². The summed E-state index contributed by atoms with van der Waals surface area (Å²) in [5.41, 5.74) is 2.01. The Labute approximate surface area is 203 Å². The van der Waals surface area contributed by atoms with Crippen LogP contribution in [0.15, 0.2) is 54.6 Å². The van der Waals surface area contributed by atoms with Crippen LogP contribution < -0.4 is 10.2 Å². The molecule has 35 heavy (non-hydrogen) atoms. The van der Waals surface area contributed by atoms with Gasteiger partial charge < -0.3 is 25.3 Å². The van der Waals surface area contributed by atoms with Crippen LogP contribution >= 0.6 is 0 Å². The summed E-state index contributed by atoms with van der Waals surface area (Å²) in [5.74, 6) is -1.26. The van der Waals surface area contributed by atoms with E-state index in [0.29, 0.717) is 42.9 Å². The lowest BCUT2D eigenvalue weighted by Crippen LogP contribution is -2.46. The fraction of sp³-hybridized carbons (Fsp3) is 0.370. The lowest BCUT2D eigenvalue weighted by molar-refractivity contribution is -0.137. The molecule has 8 nitrogen and oxygen atoms in total. The van der Waals surface area contributed by atoms with Crippen LogP contribution in [0.5, 0.6) is 0 Å². The zero-order chi connectivity index (χ0) is 24.7. The number of hydrogen-bond acceptors (Lipinski definition) is 5. The van der Waals surface area contributed by atoms with Gasteiger partial charge >= 0.3 is 0 Å². The SMILES string of the molecule is C[C@H](/C=C/CC(=O)N1Cc2ccccc2C[C@H]1CO)[C@@]1(O)C(=O)Nc2ccc(N3CCC3=O)cc21. The molecule has 0 spiro atoms. The molecular weight excluding hydrogens is 446 g/mol. The van der Waals surface area contributed by atoms with Crippen LogP contribution in [0, 0.1) is 5.92 Å². The van der Waals surface area contributed by atoms with E-state index in [1.54, 1.807) is 47.1 Å². The molecule has 2 aromatic rings. The van der Waals surface area contributed by atoms with Crippen molar-refractivity contribution in [1.29, 1.82) is 0 Å². The van der Waals surface area contributed by atoms with E-state index in [1.165, 1.54) is 0 Å². The van der Waals surface area contributed by atoms with Crippen molar-refractivity contribution < 1.29 is 24.6 Å². The minimum atomic E-state index is -1.81. The molecule has 0 aliphatic carbocycles. The van der Waals surface area contributed by atoms with Gasteiger partial charge in [-0.25, -0.2) is 0 Å². The normalized spacial score (nSPS) is 24.1. The highest BCUT2D eigenvalue weighted by Crippen LogP contribution is 2.43. The molecule has 3 aliphatic heterocycles. The molecule has 2 aromatic carbocycles. The molecule has 8 heteroatoms. The summed E-state index contributed by atoms with van der Waals surface area (Å²) < 4.78 is 0. The zero-order valence-corrected chi connectivity index (χ0v) is 19.6. The van der Waals surface area contributed by atoms with Crippen molar-refractivity contribution >= 4 is 29.1 Å². The third-order valence-corrected chi connectivity index (χ3v) is 7.43. The van der Waals surface area contributed by atoms with Gasteiger partial charge in [0.25, 0.3) is 5.91 Å². The Morgan fingerprint density at radius 2 is 2.00 bits per heavy atom. The van der Waals surface area contributed by atoms with Gasteiger partial charge in [-0.1, -0.05) is 43.3 Å². The maximum Gasteiger partial charge on any atom is 0.261 e. The van der Waals surface area contributed by atoms with Crippen LogP contribution in [0.25, 0.3) is 0 Å². The first-order valence-corrected chi connectivity index (χ1v) is 12.0. The number of carbonyl (C=O) groups is 3.